The molecule has 0 aliphatic carbocycles. The lowest BCUT2D eigenvalue weighted by molar-refractivity contribution is 0.101. The van der Waals surface area contributed by atoms with Crippen LogP contribution in [0.4, 0.5) is 8.78 Å². The minimum atomic E-state index is -0.713. The third kappa shape index (κ3) is 2.98. The average molecular weight is 327 g/mol. The van der Waals surface area contributed by atoms with Crippen LogP contribution in [0.25, 0.3) is 0 Å². The fourth-order valence-corrected chi connectivity index (χ4v) is 1.89. The van der Waals surface area contributed by atoms with Crippen LogP contribution in [0.15, 0.2) is 40.9 Å². The van der Waals surface area contributed by atoms with Crippen LogP contribution in [0.2, 0.25) is 0 Å². The first-order valence-electron chi connectivity index (χ1n) is 5.41. The summed E-state index contributed by atoms with van der Waals surface area (Å²) < 4.78 is 33.1. The number of ketones is 1. The fraction of sp³-hybridized carbons (Fsp3) is 0.0714. The maximum Gasteiger partial charge on any atom is 0.173 e. The number of hydrogen-bond donors (Lipinski definition) is 0. The molecule has 0 aromatic heterocycles. The summed E-state index contributed by atoms with van der Waals surface area (Å²) in [6.07, 6.45) is 0. The number of hydrogen-bond acceptors (Lipinski definition) is 2. The van der Waals surface area contributed by atoms with E-state index in [1.54, 1.807) is 6.07 Å². The minimum Gasteiger partial charge on any atom is -0.450 e. The number of halogens is 3. The molecule has 0 heterocycles. The van der Waals surface area contributed by atoms with Gasteiger partial charge in [-0.3, -0.25) is 4.79 Å². The zero-order valence-corrected chi connectivity index (χ0v) is 11.5. The Hall–Kier alpha value is -1.75. The molecule has 0 aliphatic heterocycles. The molecule has 19 heavy (non-hydrogen) atoms. The van der Waals surface area contributed by atoms with Crippen molar-refractivity contribution in [3.8, 4) is 11.5 Å². The van der Waals surface area contributed by atoms with Gasteiger partial charge in [0, 0.05) is 4.47 Å². The number of para-hydroxylation sites is 1. The summed E-state index contributed by atoms with van der Waals surface area (Å²) in [4.78, 5) is 11.4. The molecule has 0 N–H and O–H groups in total. The van der Waals surface area contributed by atoms with E-state index >= 15 is 0 Å². The van der Waals surface area contributed by atoms with Crippen LogP contribution in [0.5, 0.6) is 11.5 Å². The van der Waals surface area contributed by atoms with Gasteiger partial charge in [-0.1, -0.05) is 22.0 Å². The first kappa shape index (κ1) is 13.7. The molecule has 0 bridgehead atoms. The Labute approximate surface area is 117 Å². The second-order valence-corrected chi connectivity index (χ2v) is 4.77. The van der Waals surface area contributed by atoms with Crippen molar-refractivity contribution in [2.75, 3.05) is 0 Å². The monoisotopic (exact) mass is 326 g/mol. The lowest BCUT2D eigenvalue weighted by atomic mass is 10.1. The normalized spacial score (nSPS) is 10.3. The van der Waals surface area contributed by atoms with Crippen molar-refractivity contribution in [3.05, 3.63) is 58.1 Å². The first-order valence-corrected chi connectivity index (χ1v) is 6.20. The lowest BCUT2D eigenvalue weighted by Gasteiger charge is -2.11. The predicted molar refractivity (Wildman–Crippen MR) is 70.6 cm³/mol. The van der Waals surface area contributed by atoms with Crippen LogP contribution >= 0.6 is 15.9 Å². The molecule has 0 aliphatic rings. The predicted octanol–water partition coefficient (Wildman–Crippen LogP) is 4.72. The van der Waals surface area contributed by atoms with E-state index in [4.69, 9.17) is 4.74 Å². The van der Waals surface area contributed by atoms with Crippen molar-refractivity contribution < 1.29 is 18.3 Å². The van der Waals surface area contributed by atoms with Crippen molar-refractivity contribution >= 4 is 21.7 Å². The van der Waals surface area contributed by atoms with Gasteiger partial charge in [0.25, 0.3) is 0 Å². The average Bonchev–Trinajstić information content (AvgIpc) is 2.34. The summed E-state index contributed by atoms with van der Waals surface area (Å²) in [6, 6.07) is 8.10. The van der Waals surface area contributed by atoms with Crippen molar-refractivity contribution in [2.24, 2.45) is 0 Å². The smallest absolute Gasteiger partial charge is 0.173 e. The molecule has 0 unspecified atom stereocenters. The van der Waals surface area contributed by atoms with Gasteiger partial charge in [0.15, 0.2) is 28.9 Å². The Bertz CT molecular complexity index is 641. The van der Waals surface area contributed by atoms with Crippen LogP contribution in [0, 0.1) is 11.6 Å². The highest BCUT2D eigenvalue weighted by molar-refractivity contribution is 9.10. The lowest BCUT2D eigenvalue weighted by Crippen LogP contribution is -2.00. The van der Waals surface area contributed by atoms with Gasteiger partial charge in [-0.05, 0) is 37.3 Å². The van der Waals surface area contributed by atoms with E-state index in [1.807, 2.05) is 0 Å². The molecular weight excluding hydrogens is 318 g/mol. The van der Waals surface area contributed by atoms with E-state index in [-0.39, 0.29) is 22.8 Å². The Morgan fingerprint density at radius 3 is 2.53 bits per heavy atom. The molecule has 0 radical (unpaired) electrons. The first-order chi connectivity index (χ1) is 8.99. The van der Waals surface area contributed by atoms with Crippen LogP contribution in [-0.4, -0.2) is 5.78 Å². The standard InChI is InChI=1S/C14H9BrF2O2/c1-8(18)10-3-2-4-11(16)14(10)19-13-6-5-9(15)7-12(13)17/h2-7H,1H3. The maximum atomic E-state index is 13.7. The number of rotatable bonds is 3. The van der Waals surface area contributed by atoms with Crippen LogP contribution < -0.4 is 4.74 Å². The highest BCUT2D eigenvalue weighted by Gasteiger charge is 2.16. The van der Waals surface area contributed by atoms with Crippen LogP contribution in [0.1, 0.15) is 17.3 Å². The molecule has 2 rings (SSSR count). The molecule has 0 saturated carbocycles. The number of ether oxygens (including phenoxy) is 1. The van der Waals surface area contributed by atoms with E-state index in [0.717, 1.165) is 6.07 Å². The molecule has 5 heteroatoms. The summed E-state index contributed by atoms with van der Waals surface area (Å²) in [6.45, 7) is 1.29. The second-order valence-electron chi connectivity index (χ2n) is 3.85. The highest BCUT2D eigenvalue weighted by Crippen LogP contribution is 2.31. The summed E-state index contributed by atoms with van der Waals surface area (Å²) >= 11 is 3.11. The third-order valence-corrected chi connectivity index (χ3v) is 2.95. The topological polar surface area (TPSA) is 26.3 Å². The number of carbonyl (C=O) groups is 1. The maximum absolute atomic E-state index is 13.7. The van der Waals surface area contributed by atoms with Crippen LogP contribution in [-0.2, 0) is 0 Å². The summed E-state index contributed by atoms with van der Waals surface area (Å²) in [5, 5.41) is 0. The van der Waals surface area contributed by atoms with Gasteiger partial charge in [-0.15, -0.1) is 0 Å². The van der Waals surface area contributed by atoms with Crippen molar-refractivity contribution in [3.63, 3.8) is 0 Å². The van der Waals surface area contributed by atoms with Crippen molar-refractivity contribution in [1.29, 1.82) is 0 Å². The second kappa shape index (κ2) is 5.48. The number of Topliss-reactive ketones (excluding diaryl/α,β-unsaturated/α-hetero) is 1. The largest absolute Gasteiger partial charge is 0.450 e. The Morgan fingerprint density at radius 1 is 1.16 bits per heavy atom. The highest BCUT2D eigenvalue weighted by atomic mass is 79.9. The SMILES string of the molecule is CC(=O)c1cccc(F)c1Oc1ccc(Br)cc1F. The molecule has 0 atom stereocenters. The van der Waals surface area contributed by atoms with E-state index < -0.39 is 11.6 Å². The minimum absolute atomic E-state index is 0.0716. The van der Waals surface area contributed by atoms with Crippen LogP contribution in [0.3, 0.4) is 0 Å². The molecule has 0 fully saturated rings. The van der Waals surface area contributed by atoms with Gasteiger partial charge < -0.3 is 4.74 Å². The molecule has 2 aromatic carbocycles. The van der Waals surface area contributed by atoms with Crippen molar-refractivity contribution in [2.45, 2.75) is 6.92 Å². The zero-order chi connectivity index (χ0) is 14.0. The van der Waals surface area contributed by atoms with Gasteiger partial charge in [-0.25, -0.2) is 8.78 Å². The molecule has 0 amide bonds. The van der Waals surface area contributed by atoms with Gasteiger partial charge in [0.1, 0.15) is 0 Å². The summed E-state index contributed by atoms with van der Waals surface area (Å²) in [5.41, 5.74) is 0.0716. The molecule has 2 nitrogen and oxygen atoms in total. The Kier molecular flexibility index (Phi) is 3.95. The Morgan fingerprint density at radius 2 is 1.89 bits per heavy atom. The molecule has 0 spiro atoms. The van der Waals surface area contributed by atoms with E-state index in [1.165, 1.54) is 31.2 Å². The summed E-state index contributed by atoms with van der Waals surface area (Å²) in [5.74, 6) is -2.12. The van der Waals surface area contributed by atoms with Gasteiger partial charge in [0.05, 0.1) is 5.56 Å². The van der Waals surface area contributed by atoms with E-state index in [2.05, 4.69) is 15.9 Å². The van der Waals surface area contributed by atoms with Gasteiger partial charge in [0.2, 0.25) is 0 Å². The molecule has 98 valence electrons. The number of carbonyl (C=O) groups excluding carboxylic acids is 1. The molecule has 0 saturated heterocycles. The van der Waals surface area contributed by atoms with E-state index in [0.29, 0.717) is 4.47 Å². The third-order valence-electron chi connectivity index (χ3n) is 2.45. The van der Waals surface area contributed by atoms with Gasteiger partial charge >= 0.3 is 0 Å². The zero-order valence-electron chi connectivity index (χ0n) is 9.91. The van der Waals surface area contributed by atoms with Crippen molar-refractivity contribution in [1.82, 2.24) is 0 Å². The number of benzene rings is 2. The molecule has 2 aromatic rings. The van der Waals surface area contributed by atoms with E-state index in [9.17, 15) is 13.6 Å². The summed E-state index contributed by atoms with van der Waals surface area (Å²) in [7, 11) is 0. The fourth-order valence-electron chi connectivity index (χ4n) is 1.56. The van der Waals surface area contributed by atoms with Gasteiger partial charge in [-0.2, -0.15) is 0 Å². The Balaban J connectivity index is 2.46. The molecular formula is C14H9BrF2O2. The quantitative estimate of drug-likeness (QED) is 0.763.